The first-order chi connectivity index (χ1) is 12.1. The number of amides is 1. The number of hydrogen-bond acceptors (Lipinski definition) is 4. The van der Waals surface area contributed by atoms with E-state index in [1.807, 2.05) is 24.3 Å². The third-order valence-corrected chi connectivity index (χ3v) is 3.56. The van der Waals surface area contributed by atoms with E-state index in [9.17, 15) is 4.79 Å². The smallest absolute Gasteiger partial charge is 0.260 e. The second-order valence-electron chi connectivity index (χ2n) is 5.67. The van der Waals surface area contributed by atoms with Crippen LogP contribution >= 0.6 is 0 Å². The van der Waals surface area contributed by atoms with Gasteiger partial charge in [-0.3, -0.25) is 4.79 Å². The molecule has 2 rings (SSSR count). The number of rotatable bonds is 8. The largest absolute Gasteiger partial charge is 0.494 e. The Hall–Kier alpha value is -3.00. The lowest BCUT2D eigenvalue weighted by Crippen LogP contribution is -2.30. The topological polar surface area (TPSA) is 62.6 Å². The molecule has 1 amide bonds. The predicted molar refractivity (Wildman–Crippen MR) is 95.4 cm³/mol. The molecule has 0 aromatic heterocycles. The van der Waals surface area contributed by atoms with Crippen molar-refractivity contribution in [2.45, 2.75) is 19.9 Å². The lowest BCUT2D eigenvalue weighted by molar-refractivity contribution is -0.132. The molecule has 0 saturated heterocycles. The molecule has 0 saturated carbocycles. The van der Waals surface area contributed by atoms with Gasteiger partial charge >= 0.3 is 0 Å². The van der Waals surface area contributed by atoms with Crippen LogP contribution in [0.1, 0.15) is 24.5 Å². The summed E-state index contributed by atoms with van der Waals surface area (Å²) >= 11 is 0. The van der Waals surface area contributed by atoms with Crippen LogP contribution in [0.2, 0.25) is 0 Å². The summed E-state index contributed by atoms with van der Waals surface area (Å²) in [6.45, 7) is 3.12. The van der Waals surface area contributed by atoms with Gasteiger partial charge in [0.15, 0.2) is 6.61 Å². The standard InChI is InChI=1S/C20H22N2O3/c1-3-11-24-18-7-9-19(10-8-18)25-15-20(23)22(2)14-17-6-4-5-16(12-17)13-21/h4-10,12H,3,11,14-15H2,1-2H3. The summed E-state index contributed by atoms with van der Waals surface area (Å²) in [4.78, 5) is 13.8. The minimum atomic E-state index is -0.131. The molecule has 5 heteroatoms. The van der Waals surface area contributed by atoms with Crippen LogP contribution in [0.3, 0.4) is 0 Å². The first-order valence-electron chi connectivity index (χ1n) is 8.21. The van der Waals surface area contributed by atoms with Crippen LogP contribution in [0.5, 0.6) is 11.5 Å². The molecule has 0 spiro atoms. The Bertz CT molecular complexity index is 735. The maximum absolute atomic E-state index is 12.2. The number of carbonyl (C=O) groups excluding carboxylic acids is 1. The van der Waals surface area contributed by atoms with Crippen LogP contribution in [-0.2, 0) is 11.3 Å². The lowest BCUT2D eigenvalue weighted by atomic mass is 10.1. The zero-order valence-electron chi connectivity index (χ0n) is 14.6. The molecule has 0 aliphatic carbocycles. The Labute approximate surface area is 148 Å². The molecule has 5 nitrogen and oxygen atoms in total. The Kier molecular flexibility index (Phi) is 6.85. The van der Waals surface area contributed by atoms with Gasteiger partial charge in [0, 0.05) is 13.6 Å². The molecule has 2 aromatic carbocycles. The van der Waals surface area contributed by atoms with Crippen LogP contribution in [0, 0.1) is 11.3 Å². The van der Waals surface area contributed by atoms with Gasteiger partial charge in [0.1, 0.15) is 11.5 Å². The maximum atomic E-state index is 12.2. The van der Waals surface area contributed by atoms with Crippen molar-refractivity contribution in [1.29, 1.82) is 5.26 Å². The molecule has 0 fully saturated rings. The molecule has 25 heavy (non-hydrogen) atoms. The van der Waals surface area contributed by atoms with E-state index in [1.54, 1.807) is 36.2 Å². The summed E-state index contributed by atoms with van der Waals surface area (Å²) in [5.41, 5.74) is 1.49. The second kappa shape index (κ2) is 9.33. The molecule has 0 radical (unpaired) electrons. The Morgan fingerprint density at radius 1 is 1.12 bits per heavy atom. The van der Waals surface area contributed by atoms with Crippen molar-refractivity contribution in [3.05, 3.63) is 59.7 Å². The molecule has 0 bridgehead atoms. The fraction of sp³-hybridized carbons (Fsp3) is 0.300. The quantitative estimate of drug-likeness (QED) is 0.740. The van der Waals surface area contributed by atoms with E-state index in [4.69, 9.17) is 14.7 Å². The van der Waals surface area contributed by atoms with Gasteiger partial charge in [-0.15, -0.1) is 0 Å². The summed E-state index contributed by atoms with van der Waals surface area (Å²) in [5.74, 6) is 1.28. The molecule has 0 unspecified atom stereocenters. The van der Waals surface area contributed by atoms with Crippen molar-refractivity contribution < 1.29 is 14.3 Å². The van der Waals surface area contributed by atoms with Crippen LogP contribution in [0.25, 0.3) is 0 Å². The molecule has 130 valence electrons. The average molecular weight is 338 g/mol. The highest BCUT2D eigenvalue weighted by Crippen LogP contribution is 2.18. The monoisotopic (exact) mass is 338 g/mol. The molecule has 0 atom stereocenters. The van der Waals surface area contributed by atoms with Gasteiger partial charge in [0.05, 0.1) is 18.2 Å². The van der Waals surface area contributed by atoms with Crippen LogP contribution in [0.15, 0.2) is 48.5 Å². The van der Waals surface area contributed by atoms with Crippen molar-refractivity contribution in [1.82, 2.24) is 4.90 Å². The molecular weight excluding hydrogens is 316 g/mol. The van der Waals surface area contributed by atoms with Crippen molar-refractivity contribution in [3.63, 3.8) is 0 Å². The number of carbonyl (C=O) groups is 1. The number of ether oxygens (including phenoxy) is 2. The van der Waals surface area contributed by atoms with E-state index in [-0.39, 0.29) is 12.5 Å². The van der Waals surface area contributed by atoms with E-state index in [2.05, 4.69) is 13.0 Å². The molecule has 0 aliphatic heterocycles. The van der Waals surface area contributed by atoms with Gasteiger partial charge in [0.25, 0.3) is 5.91 Å². The van der Waals surface area contributed by atoms with E-state index < -0.39 is 0 Å². The normalized spacial score (nSPS) is 9.96. The van der Waals surface area contributed by atoms with Gasteiger partial charge in [-0.25, -0.2) is 0 Å². The van der Waals surface area contributed by atoms with Crippen molar-refractivity contribution in [2.24, 2.45) is 0 Å². The van der Waals surface area contributed by atoms with E-state index in [1.165, 1.54) is 0 Å². The number of benzene rings is 2. The highest BCUT2D eigenvalue weighted by Gasteiger charge is 2.10. The Morgan fingerprint density at radius 2 is 1.80 bits per heavy atom. The number of hydrogen-bond donors (Lipinski definition) is 0. The first-order valence-corrected chi connectivity index (χ1v) is 8.21. The van der Waals surface area contributed by atoms with Crippen molar-refractivity contribution in [3.8, 4) is 17.6 Å². The number of nitrogens with zero attached hydrogens (tertiary/aromatic N) is 2. The van der Waals surface area contributed by atoms with Crippen LogP contribution < -0.4 is 9.47 Å². The molecule has 0 heterocycles. The van der Waals surface area contributed by atoms with Crippen molar-refractivity contribution in [2.75, 3.05) is 20.3 Å². The molecule has 2 aromatic rings. The number of likely N-dealkylation sites (N-methyl/N-ethyl adjacent to an activating group) is 1. The first kappa shape index (κ1) is 18.3. The fourth-order valence-corrected chi connectivity index (χ4v) is 2.21. The minimum Gasteiger partial charge on any atom is -0.494 e. The average Bonchev–Trinajstić information content (AvgIpc) is 2.65. The van der Waals surface area contributed by atoms with E-state index >= 15 is 0 Å². The minimum absolute atomic E-state index is 0.0381. The SMILES string of the molecule is CCCOc1ccc(OCC(=O)N(C)Cc2cccc(C#N)c2)cc1. The molecule has 0 aliphatic rings. The summed E-state index contributed by atoms with van der Waals surface area (Å²) in [6.07, 6.45) is 0.955. The van der Waals surface area contributed by atoms with Gasteiger partial charge in [-0.2, -0.15) is 5.26 Å². The summed E-state index contributed by atoms with van der Waals surface area (Å²) in [6, 6.07) is 16.5. The summed E-state index contributed by atoms with van der Waals surface area (Å²) in [7, 11) is 1.71. The Morgan fingerprint density at radius 3 is 2.44 bits per heavy atom. The third kappa shape index (κ3) is 5.85. The third-order valence-electron chi connectivity index (χ3n) is 3.56. The van der Waals surface area contributed by atoms with Crippen molar-refractivity contribution >= 4 is 5.91 Å². The van der Waals surface area contributed by atoms with Gasteiger partial charge in [-0.05, 0) is 48.4 Å². The molecule has 0 N–H and O–H groups in total. The molecular formula is C20H22N2O3. The zero-order valence-corrected chi connectivity index (χ0v) is 14.6. The van der Waals surface area contributed by atoms with E-state index in [0.29, 0.717) is 24.5 Å². The fourth-order valence-electron chi connectivity index (χ4n) is 2.21. The van der Waals surface area contributed by atoms with Crippen LogP contribution in [-0.4, -0.2) is 31.1 Å². The summed E-state index contributed by atoms with van der Waals surface area (Å²) in [5, 5.41) is 8.92. The van der Waals surface area contributed by atoms with Gasteiger partial charge < -0.3 is 14.4 Å². The van der Waals surface area contributed by atoms with Gasteiger partial charge in [-0.1, -0.05) is 19.1 Å². The van der Waals surface area contributed by atoms with Gasteiger partial charge in [0.2, 0.25) is 0 Å². The predicted octanol–water partition coefficient (Wildman–Crippen LogP) is 3.38. The second-order valence-corrected chi connectivity index (χ2v) is 5.67. The van der Waals surface area contributed by atoms with E-state index in [0.717, 1.165) is 17.7 Å². The van der Waals surface area contributed by atoms with Crippen LogP contribution in [0.4, 0.5) is 0 Å². The highest BCUT2D eigenvalue weighted by atomic mass is 16.5. The Balaban J connectivity index is 1.83. The lowest BCUT2D eigenvalue weighted by Gasteiger charge is -2.17. The highest BCUT2D eigenvalue weighted by molar-refractivity contribution is 5.77. The number of nitriles is 1. The maximum Gasteiger partial charge on any atom is 0.260 e. The zero-order chi connectivity index (χ0) is 18.1. The summed E-state index contributed by atoms with van der Waals surface area (Å²) < 4.78 is 11.0.